The molecule has 0 aliphatic carbocycles. The number of rotatable bonds is 5. The topological polar surface area (TPSA) is 41.1 Å². The van der Waals surface area contributed by atoms with Gasteiger partial charge in [-0.25, -0.2) is 0 Å². The number of hydrogen-bond donors (Lipinski definition) is 2. The molecule has 1 saturated heterocycles. The quantitative estimate of drug-likeness (QED) is 0.748. The zero-order chi connectivity index (χ0) is 12.1. The van der Waals surface area contributed by atoms with Crippen LogP contribution in [0.3, 0.4) is 0 Å². The summed E-state index contributed by atoms with van der Waals surface area (Å²) >= 11 is 0. The van der Waals surface area contributed by atoms with Crippen molar-refractivity contribution in [2.24, 2.45) is 23.7 Å². The van der Waals surface area contributed by atoms with Gasteiger partial charge in [0.05, 0.1) is 5.92 Å². The first-order valence-electron chi connectivity index (χ1n) is 6.50. The Balaban J connectivity index is 2.33. The maximum absolute atomic E-state index is 11.8. The Labute approximate surface area is 99.4 Å². The van der Waals surface area contributed by atoms with Crippen molar-refractivity contribution in [2.75, 3.05) is 19.6 Å². The fourth-order valence-electron chi connectivity index (χ4n) is 2.48. The lowest BCUT2D eigenvalue weighted by molar-refractivity contribution is -0.124. The SMILES string of the molecule is CC(C)C(CNC(=O)C1CCNC1)C(C)C. The second-order valence-electron chi connectivity index (χ2n) is 5.59. The average molecular weight is 226 g/mol. The second-order valence-corrected chi connectivity index (χ2v) is 5.59. The van der Waals surface area contributed by atoms with Gasteiger partial charge in [-0.05, 0) is 30.7 Å². The highest BCUT2D eigenvalue weighted by Crippen LogP contribution is 2.19. The molecule has 0 saturated carbocycles. The molecule has 0 bridgehead atoms. The van der Waals surface area contributed by atoms with Crippen molar-refractivity contribution in [1.29, 1.82) is 0 Å². The standard InChI is InChI=1S/C13H26N2O/c1-9(2)12(10(3)4)8-15-13(16)11-5-6-14-7-11/h9-12,14H,5-8H2,1-4H3,(H,15,16). The van der Waals surface area contributed by atoms with Crippen LogP contribution in [0.4, 0.5) is 0 Å². The van der Waals surface area contributed by atoms with Crippen LogP contribution in [0.5, 0.6) is 0 Å². The molecule has 1 aliphatic rings. The second kappa shape index (κ2) is 6.24. The van der Waals surface area contributed by atoms with E-state index in [1.54, 1.807) is 0 Å². The van der Waals surface area contributed by atoms with E-state index in [1.165, 1.54) is 0 Å². The highest BCUT2D eigenvalue weighted by molar-refractivity contribution is 5.79. The van der Waals surface area contributed by atoms with Gasteiger partial charge in [-0.2, -0.15) is 0 Å². The Hall–Kier alpha value is -0.570. The fourth-order valence-corrected chi connectivity index (χ4v) is 2.48. The van der Waals surface area contributed by atoms with E-state index < -0.39 is 0 Å². The molecule has 1 atom stereocenters. The molecule has 94 valence electrons. The smallest absolute Gasteiger partial charge is 0.224 e. The number of hydrogen-bond acceptors (Lipinski definition) is 2. The molecule has 1 heterocycles. The summed E-state index contributed by atoms with van der Waals surface area (Å²) < 4.78 is 0. The number of carbonyl (C=O) groups is 1. The van der Waals surface area contributed by atoms with E-state index in [4.69, 9.17) is 0 Å². The molecule has 0 spiro atoms. The Morgan fingerprint density at radius 3 is 2.38 bits per heavy atom. The van der Waals surface area contributed by atoms with Crippen LogP contribution in [-0.2, 0) is 4.79 Å². The Bertz CT molecular complexity index is 212. The maximum atomic E-state index is 11.8. The Morgan fingerprint density at radius 2 is 1.94 bits per heavy atom. The molecule has 2 N–H and O–H groups in total. The molecule has 0 aromatic heterocycles. The van der Waals surface area contributed by atoms with Crippen molar-refractivity contribution in [3.05, 3.63) is 0 Å². The molecule has 3 nitrogen and oxygen atoms in total. The van der Waals surface area contributed by atoms with Crippen molar-refractivity contribution in [2.45, 2.75) is 34.1 Å². The molecule has 1 amide bonds. The third-order valence-corrected chi connectivity index (χ3v) is 3.66. The molecular weight excluding hydrogens is 200 g/mol. The van der Waals surface area contributed by atoms with Crippen molar-refractivity contribution in [3.63, 3.8) is 0 Å². The highest BCUT2D eigenvalue weighted by atomic mass is 16.1. The van der Waals surface area contributed by atoms with E-state index >= 15 is 0 Å². The van der Waals surface area contributed by atoms with Crippen molar-refractivity contribution in [3.8, 4) is 0 Å². The number of carbonyl (C=O) groups excluding carboxylic acids is 1. The van der Waals surface area contributed by atoms with E-state index in [0.717, 1.165) is 26.1 Å². The summed E-state index contributed by atoms with van der Waals surface area (Å²) in [4.78, 5) is 11.8. The first kappa shape index (κ1) is 13.5. The van der Waals surface area contributed by atoms with Crippen molar-refractivity contribution < 1.29 is 4.79 Å². The molecule has 0 aromatic carbocycles. The number of amides is 1. The van der Waals surface area contributed by atoms with Crippen LogP contribution in [0.15, 0.2) is 0 Å². The normalized spacial score (nSPS) is 21.1. The van der Waals surface area contributed by atoms with Gasteiger partial charge in [0.2, 0.25) is 5.91 Å². The van der Waals surface area contributed by atoms with Crippen molar-refractivity contribution in [1.82, 2.24) is 10.6 Å². The van der Waals surface area contributed by atoms with Crippen LogP contribution in [0.2, 0.25) is 0 Å². The first-order valence-corrected chi connectivity index (χ1v) is 6.50. The molecule has 0 radical (unpaired) electrons. The maximum Gasteiger partial charge on any atom is 0.224 e. The fraction of sp³-hybridized carbons (Fsp3) is 0.923. The summed E-state index contributed by atoms with van der Waals surface area (Å²) in [6.45, 7) is 11.6. The van der Waals surface area contributed by atoms with Gasteiger partial charge in [0.15, 0.2) is 0 Å². The molecule has 1 unspecified atom stereocenters. The highest BCUT2D eigenvalue weighted by Gasteiger charge is 2.24. The monoisotopic (exact) mass is 226 g/mol. The lowest BCUT2D eigenvalue weighted by atomic mass is 9.85. The number of nitrogens with one attached hydrogen (secondary N) is 2. The minimum absolute atomic E-state index is 0.194. The zero-order valence-corrected chi connectivity index (χ0v) is 11.0. The van der Waals surface area contributed by atoms with Crippen LogP contribution in [0.25, 0.3) is 0 Å². The van der Waals surface area contributed by atoms with Gasteiger partial charge in [-0.15, -0.1) is 0 Å². The lowest BCUT2D eigenvalue weighted by Crippen LogP contribution is -2.38. The van der Waals surface area contributed by atoms with Crippen LogP contribution < -0.4 is 10.6 Å². The van der Waals surface area contributed by atoms with Gasteiger partial charge >= 0.3 is 0 Å². The van der Waals surface area contributed by atoms with Crippen LogP contribution in [0, 0.1) is 23.7 Å². The molecule has 1 aliphatic heterocycles. The summed E-state index contributed by atoms with van der Waals surface area (Å²) in [6, 6.07) is 0. The summed E-state index contributed by atoms with van der Waals surface area (Å²) in [5, 5.41) is 6.33. The molecule has 16 heavy (non-hydrogen) atoms. The molecular formula is C13H26N2O. The predicted octanol–water partition coefficient (Wildman–Crippen LogP) is 1.64. The average Bonchev–Trinajstić information content (AvgIpc) is 2.69. The minimum atomic E-state index is 0.194. The molecule has 3 heteroatoms. The van der Waals surface area contributed by atoms with E-state index in [0.29, 0.717) is 17.8 Å². The summed E-state index contributed by atoms with van der Waals surface area (Å²) in [5.74, 6) is 2.26. The summed E-state index contributed by atoms with van der Waals surface area (Å²) in [5.41, 5.74) is 0. The predicted molar refractivity (Wildman–Crippen MR) is 67.2 cm³/mol. The first-order chi connectivity index (χ1) is 7.52. The molecule has 1 rings (SSSR count). The van der Waals surface area contributed by atoms with Gasteiger partial charge in [0.1, 0.15) is 0 Å². The largest absolute Gasteiger partial charge is 0.356 e. The minimum Gasteiger partial charge on any atom is -0.356 e. The lowest BCUT2D eigenvalue weighted by Gasteiger charge is -2.25. The third-order valence-electron chi connectivity index (χ3n) is 3.66. The Morgan fingerprint density at radius 1 is 1.31 bits per heavy atom. The van der Waals surface area contributed by atoms with E-state index in [9.17, 15) is 4.79 Å². The summed E-state index contributed by atoms with van der Waals surface area (Å²) in [6.07, 6.45) is 0.986. The van der Waals surface area contributed by atoms with Gasteiger partial charge < -0.3 is 10.6 Å². The molecule has 0 aromatic rings. The van der Waals surface area contributed by atoms with Crippen LogP contribution in [-0.4, -0.2) is 25.5 Å². The van der Waals surface area contributed by atoms with Gasteiger partial charge in [-0.1, -0.05) is 27.7 Å². The third kappa shape index (κ3) is 3.78. The van der Waals surface area contributed by atoms with Crippen LogP contribution >= 0.6 is 0 Å². The van der Waals surface area contributed by atoms with E-state index in [-0.39, 0.29) is 11.8 Å². The zero-order valence-electron chi connectivity index (χ0n) is 11.0. The van der Waals surface area contributed by atoms with E-state index in [2.05, 4.69) is 38.3 Å². The van der Waals surface area contributed by atoms with Crippen molar-refractivity contribution >= 4 is 5.91 Å². The molecule has 1 fully saturated rings. The van der Waals surface area contributed by atoms with Gasteiger partial charge in [0, 0.05) is 13.1 Å². The van der Waals surface area contributed by atoms with Gasteiger partial charge in [0.25, 0.3) is 0 Å². The van der Waals surface area contributed by atoms with Gasteiger partial charge in [-0.3, -0.25) is 4.79 Å². The summed E-state index contributed by atoms with van der Waals surface area (Å²) in [7, 11) is 0. The van der Waals surface area contributed by atoms with Crippen LogP contribution in [0.1, 0.15) is 34.1 Å². The van der Waals surface area contributed by atoms with E-state index in [1.807, 2.05) is 0 Å². The Kier molecular flexibility index (Phi) is 5.26.